The van der Waals surface area contributed by atoms with Crippen LogP contribution in [0.4, 0.5) is 13.2 Å². The van der Waals surface area contributed by atoms with Crippen LogP contribution < -0.4 is 0 Å². The zero-order valence-corrected chi connectivity index (χ0v) is 12.8. The van der Waals surface area contributed by atoms with E-state index in [0.717, 1.165) is 0 Å². The summed E-state index contributed by atoms with van der Waals surface area (Å²) in [6.45, 7) is 1.63. The predicted octanol–water partition coefficient (Wildman–Crippen LogP) is 3.72. The van der Waals surface area contributed by atoms with E-state index in [0.29, 0.717) is 16.8 Å². The molecule has 0 radical (unpaired) electrons. The normalized spacial score (nSPS) is 13.4. The standard InChI is InChI=1S/C13H12ClF3N2OS/c1-8-3-4-9(10-6-12(14)18-19(10)2)5-11(8)21(20)7-13(15,16)17/h3-6H,7H2,1-2H3. The molecule has 0 aliphatic carbocycles. The van der Waals surface area contributed by atoms with Crippen LogP contribution in [0.2, 0.25) is 5.15 Å². The highest BCUT2D eigenvalue weighted by molar-refractivity contribution is 7.85. The monoisotopic (exact) mass is 336 g/mol. The van der Waals surface area contributed by atoms with Gasteiger partial charge in [-0.1, -0.05) is 23.7 Å². The van der Waals surface area contributed by atoms with E-state index < -0.39 is 22.7 Å². The number of rotatable bonds is 3. The average molecular weight is 337 g/mol. The van der Waals surface area contributed by atoms with Gasteiger partial charge in [0.15, 0.2) is 5.15 Å². The molecule has 0 saturated heterocycles. The Labute approximate surface area is 127 Å². The van der Waals surface area contributed by atoms with Crippen LogP contribution in [0.25, 0.3) is 11.3 Å². The molecule has 0 N–H and O–H groups in total. The van der Waals surface area contributed by atoms with Crippen LogP contribution in [0.3, 0.4) is 0 Å². The molecule has 1 aromatic carbocycles. The second-order valence-electron chi connectivity index (χ2n) is 4.56. The van der Waals surface area contributed by atoms with Crippen LogP contribution in [0.5, 0.6) is 0 Å². The van der Waals surface area contributed by atoms with Gasteiger partial charge in [0.25, 0.3) is 0 Å². The summed E-state index contributed by atoms with van der Waals surface area (Å²) in [5, 5.41) is 4.25. The number of aromatic nitrogens is 2. The second kappa shape index (κ2) is 5.81. The molecule has 0 saturated carbocycles. The lowest BCUT2D eigenvalue weighted by atomic mass is 10.1. The quantitative estimate of drug-likeness (QED) is 0.856. The molecule has 1 heterocycles. The first kappa shape index (κ1) is 16.0. The molecule has 114 valence electrons. The van der Waals surface area contributed by atoms with Crippen LogP contribution in [0, 0.1) is 6.92 Å². The van der Waals surface area contributed by atoms with Crippen molar-refractivity contribution in [3.8, 4) is 11.3 Å². The van der Waals surface area contributed by atoms with Crippen molar-refractivity contribution in [2.75, 3.05) is 5.75 Å². The molecular formula is C13H12ClF3N2OS. The molecule has 0 aliphatic heterocycles. The summed E-state index contributed by atoms with van der Waals surface area (Å²) in [5.41, 5.74) is 1.81. The Hall–Kier alpha value is -1.34. The third-order valence-electron chi connectivity index (χ3n) is 2.87. The minimum atomic E-state index is -4.47. The fraction of sp³-hybridized carbons (Fsp3) is 0.308. The summed E-state index contributed by atoms with van der Waals surface area (Å²) in [5.74, 6) is -1.36. The minimum absolute atomic E-state index is 0.169. The van der Waals surface area contributed by atoms with E-state index in [2.05, 4.69) is 5.10 Å². The summed E-state index contributed by atoms with van der Waals surface area (Å²) in [4.78, 5) is 0.169. The van der Waals surface area contributed by atoms with Gasteiger partial charge >= 0.3 is 6.18 Å². The van der Waals surface area contributed by atoms with Crippen LogP contribution in [-0.2, 0) is 17.8 Å². The molecule has 2 rings (SSSR count). The smallest absolute Gasteiger partial charge is 0.266 e. The van der Waals surface area contributed by atoms with Gasteiger partial charge in [0, 0.05) is 23.6 Å². The van der Waals surface area contributed by atoms with Gasteiger partial charge in [0.05, 0.1) is 16.5 Å². The molecule has 0 amide bonds. The Morgan fingerprint density at radius 3 is 2.52 bits per heavy atom. The van der Waals surface area contributed by atoms with Crippen molar-refractivity contribution in [2.24, 2.45) is 7.05 Å². The first-order valence-corrected chi connectivity index (χ1v) is 7.63. The van der Waals surface area contributed by atoms with E-state index in [4.69, 9.17) is 11.6 Å². The van der Waals surface area contributed by atoms with Crippen molar-refractivity contribution in [2.45, 2.75) is 18.0 Å². The topological polar surface area (TPSA) is 34.9 Å². The maximum atomic E-state index is 12.4. The van der Waals surface area contributed by atoms with Crippen molar-refractivity contribution in [3.05, 3.63) is 35.0 Å². The van der Waals surface area contributed by atoms with Crippen LogP contribution in [0.1, 0.15) is 5.56 Å². The third kappa shape index (κ3) is 3.85. The SMILES string of the molecule is Cc1ccc(-c2cc(Cl)nn2C)cc1S(=O)CC(F)(F)F. The minimum Gasteiger partial charge on any atom is -0.266 e. The highest BCUT2D eigenvalue weighted by Crippen LogP contribution is 2.28. The number of benzene rings is 1. The summed E-state index contributed by atoms with van der Waals surface area (Å²) in [6.07, 6.45) is -4.47. The van der Waals surface area contributed by atoms with Gasteiger partial charge in [0.1, 0.15) is 5.75 Å². The Kier molecular flexibility index (Phi) is 4.43. The van der Waals surface area contributed by atoms with Gasteiger partial charge in [-0.05, 0) is 18.6 Å². The Balaban J connectivity index is 2.42. The van der Waals surface area contributed by atoms with Gasteiger partial charge in [0.2, 0.25) is 0 Å². The lowest BCUT2D eigenvalue weighted by Crippen LogP contribution is -2.19. The molecule has 1 unspecified atom stereocenters. The van der Waals surface area contributed by atoms with Crippen molar-refractivity contribution in [1.29, 1.82) is 0 Å². The molecule has 0 aliphatic rings. The first-order valence-electron chi connectivity index (χ1n) is 5.93. The van der Waals surface area contributed by atoms with Crippen molar-refractivity contribution in [1.82, 2.24) is 9.78 Å². The van der Waals surface area contributed by atoms with Crippen molar-refractivity contribution < 1.29 is 17.4 Å². The van der Waals surface area contributed by atoms with Gasteiger partial charge in [-0.25, -0.2) is 0 Å². The van der Waals surface area contributed by atoms with E-state index in [1.165, 1.54) is 10.7 Å². The largest absolute Gasteiger partial charge is 0.400 e. The summed E-state index contributed by atoms with van der Waals surface area (Å²) < 4.78 is 50.6. The van der Waals surface area contributed by atoms with E-state index in [1.54, 1.807) is 32.2 Å². The molecule has 2 aromatic rings. The zero-order chi connectivity index (χ0) is 15.8. The lowest BCUT2D eigenvalue weighted by molar-refractivity contribution is -0.105. The average Bonchev–Trinajstić information content (AvgIpc) is 2.67. The van der Waals surface area contributed by atoms with E-state index >= 15 is 0 Å². The first-order chi connectivity index (χ1) is 9.67. The molecule has 1 atom stereocenters. The Morgan fingerprint density at radius 2 is 2.00 bits per heavy atom. The molecule has 3 nitrogen and oxygen atoms in total. The van der Waals surface area contributed by atoms with E-state index in [9.17, 15) is 17.4 Å². The maximum absolute atomic E-state index is 12.4. The molecule has 0 bridgehead atoms. The van der Waals surface area contributed by atoms with Gasteiger partial charge in [-0.3, -0.25) is 8.89 Å². The van der Waals surface area contributed by atoms with Crippen LogP contribution in [0.15, 0.2) is 29.2 Å². The highest BCUT2D eigenvalue weighted by Gasteiger charge is 2.31. The number of nitrogens with zero attached hydrogens (tertiary/aromatic N) is 2. The van der Waals surface area contributed by atoms with Gasteiger partial charge < -0.3 is 0 Å². The predicted molar refractivity (Wildman–Crippen MR) is 75.7 cm³/mol. The number of hydrogen-bond donors (Lipinski definition) is 0. The van der Waals surface area contributed by atoms with Crippen molar-refractivity contribution in [3.63, 3.8) is 0 Å². The zero-order valence-electron chi connectivity index (χ0n) is 11.2. The number of aryl methyl sites for hydroxylation is 2. The molecule has 0 spiro atoms. The molecular weight excluding hydrogens is 325 g/mol. The molecule has 1 aromatic heterocycles. The number of alkyl halides is 3. The Bertz CT molecular complexity index is 697. The maximum Gasteiger partial charge on any atom is 0.400 e. The molecule has 0 fully saturated rings. The third-order valence-corrected chi connectivity index (χ3v) is 4.58. The summed E-state index contributed by atoms with van der Waals surface area (Å²) in [6, 6.07) is 6.46. The number of halogens is 4. The van der Waals surface area contributed by atoms with Gasteiger partial charge in [-0.2, -0.15) is 18.3 Å². The lowest BCUT2D eigenvalue weighted by Gasteiger charge is -2.11. The molecule has 8 heteroatoms. The second-order valence-corrected chi connectivity index (χ2v) is 6.37. The Morgan fingerprint density at radius 1 is 1.33 bits per heavy atom. The van der Waals surface area contributed by atoms with E-state index in [-0.39, 0.29) is 10.0 Å². The van der Waals surface area contributed by atoms with Gasteiger partial charge in [-0.15, -0.1) is 0 Å². The van der Waals surface area contributed by atoms with E-state index in [1.807, 2.05) is 0 Å². The number of hydrogen-bond acceptors (Lipinski definition) is 2. The fourth-order valence-corrected chi connectivity index (χ4v) is 3.29. The van der Waals surface area contributed by atoms with Crippen LogP contribution >= 0.6 is 11.6 Å². The fourth-order valence-electron chi connectivity index (χ4n) is 1.93. The summed E-state index contributed by atoms with van der Waals surface area (Å²) >= 11 is 5.80. The molecule has 21 heavy (non-hydrogen) atoms. The van der Waals surface area contributed by atoms with Crippen molar-refractivity contribution >= 4 is 22.4 Å². The van der Waals surface area contributed by atoms with Crippen LogP contribution in [-0.4, -0.2) is 25.9 Å². The highest BCUT2D eigenvalue weighted by atomic mass is 35.5. The summed E-state index contributed by atoms with van der Waals surface area (Å²) in [7, 11) is -0.462.